The predicted molar refractivity (Wildman–Crippen MR) is 85.6 cm³/mol. The highest BCUT2D eigenvalue weighted by Gasteiger charge is 2.36. The Kier molecular flexibility index (Phi) is 4.53. The van der Waals surface area contributed by atoms with Crippen LogP contribution in [0.5, 0.6) is 0 Å². The van der Waals surface area contributed by atoms with E-state index in [0.29, 0.717) is 37.7 Å². The third kappa shape index (κ3) is 4.19. The molecule has 1 aliphatic carbocycles. The smallest absolute Gasteiger partial charge is 0.222 e. The van der Waals surface area contributed by atoms with E-state index in [-0.39, 0.29) is 11.7 Å². The maximum Gasteiger partial charge on any atom is 0.222 e. The number of carbonyl (C=O) groups excluding carboxylic acids is 1. The van der Waals surface area contributed by atoms with Crippen molar-refractivity contribution in [2.45, 2.75) is 37.7 Å². The minimum Gasteiger partial charge on any atom is -0.386 e. The summed E-state index contributed by atoms with van der Waals surface area (Å²) < 4.78 is 13.0. The lowest BCUT2D eigenvalue weighted by Crippen LogP contribution is -2.54. The van der Waals surface area contributed by atoms with Crippen molar-refractivity contribution in [2.24, 2.45) is 5.92 Å². The summed E-state index contributed by atoms with van der Waals surface area (Å²) in [6.45, 7) is 1.52. The fraction of sp³-hybridized carbons (Fsp3) is 0.647. The molecule has 1 saturated carbocycles. The number of nitrogens with zero attached hydrogens (tertiary/aromatic N) is 3. The molecule has 1 aliphatic heterocycles. The molecule has 1 aromatic heterocycles. The van der Waals surface area contributed by atoms with Crippen molar-refractivity contribution in [3.05, 3.63) is 24.1 Å². The maximum absolute atomic E-state index is 13.0. The van der Waals surface area contributed by atoms with Crippen molar-refractivity contribution < 1.29 is 14.3 Å². The molecule has 1 aromatic rings. The average molecular weight is 321 g/mol. The molecule has 0 unspecified atom stereocenters. The Morgan fingerprint density at radius 3 is 2.96 bits per heavy atom. The molecule has 1 N–H and O–H groups in total. The largest absolute Gasteiger partial charge is 0.386 e. The van der Waals surface area contributed by atoms with Crippen molar-refractivity contribution in [2.75, 3.05) is 31.6 Å². The molecule has 126 valence electrons. The number of hydrogen-bond acceptors (Lipinski definition) is 4. The van der Waals surface area contributed by atoms with Crippen LogP contribution in [0.1, 0.15) is 32.1 Å². The lowest BCUT2D eigenvalue weighted by molar-refractivity contribution is -0.133. The van der Waals surface area contributed by atoms with Crippen LogP contribution in [0.25, 0.3) is 0 Å². The van der Waals surface area contributed by atoms with Gasteiger partial charge in [0.1, 0.15) is 11.6 Å². The van der Waals surface area contributed by atoms with E-state index in [1.165, 1.54) is 12.3 Å². The summed E-state index contributed by atoms with van der Waals surface area (Å²) in [6.07, 6.45) is 5.55. The number of β-amino-alcohol motifs (C(OH)–C–C–N with tert-alkyl or cyclic N) is 1. The van der Waals surface area contributed by atoms with Gasteiger partial charge in [-0.15, -0.1) is 0 Å². The lowest BCUT2D eigenvalue weighted by Gasteiger charge is -2.41. The summed E-state index contributed by atoms with van der Waals surface area (Å²) in [5, 5.41) is 10.9. The van der Waals surface area contributed by atoms with E-state index in [0.717, 1.165) is 25.8 Å². The minimum atomic E-state index is -0.942. The fourth-order valence-corrected chi connectivity index (χ4v) is 3.25. The van der Waals surface area contributed by atoms with Crippen molar-refractivity contribution in [1.29, 1.82) is 0 Å². The molecule has 1 atom stereocenters. The lowest BCUT2D eigenvalue weighted by atomic mass is 9.92. The second kappa shape index (κ2) is 6.43. The number of aliphatic hydroxyl groups is 1. The molecular weight excluding hydrogens is 297 g/mol. The van der Waals surface area contributed by atoms with E-state index in [9.17, 15) is 14.3 Å². The monoisotopic (exact) mass is 321 g/mol. The first kappa shape index (κ1) is 16.2. The van der Waals surface area contributed by atoms with Gasteiger partial charge >= 0.3 is 0 Å². The van der Waals surface area contributed by atoms with Gasteiger partial charge in [0.15, 0.2) is 0 Å². The second-order valence-electron chi connectivity index (χ2n) is 6.98. The molecule has 23 heavy (non-hydrogen) atoms. The predicted octanol–water partition coefficient (Wildman–Crippen LogP) is 1.81. The number of rotatable bonds is 5. The van der Waals surface area contributed by atoms with Crippen molar-refractivity contribution in [1.82, 2.24) is 9.88 Å². The van der Waals surface area contributed by atoms with Crippen LogP contribution in [0, 0.1) is 11.7 Å². The van der Waals surface area contributed by atoms with E-state index in [1.54, 1.807) is 18.0 Å². The van der Waals surface area contributed by atoms with Crippen LogP contribution in [0.4, 0.5) is 10.2 Å². The van der Waals surface area contributed by atoms with Gasteiger partial charge in [0.25, 0.3) is 0 Å². The van der Waals surface area contributed by atoms with E-state index in [2.05, 4.69) is 4.98 Å². The third-order valence-electron chi connectivity index (χ3n) is 4.71. The molecule has 3 rings (SSSR count). The molecule has 2 aliphatic rings. The summed E-state index contributed by atoms with van der Waals surface area (Å²) in [5.74, 6) is 0.951. The van der Waals surface area contributed by atoms with Gasteiger partial charge in [0, 0.05) is 26.6 Å². The summed E-state index contributed by atoms with van der Waals surface area (Å²) in [5.41, 5.74) is -0.942. The summed E-state index contributed by atoms with van der Waals surface area (Å²) in [7, 11) is 1.76. The zero-order valence-corrected chi connectivity index (χ0v) is 13.5. The van der Waals surface area contributed by atoms with E-state index >= 15 is 0 Å². The molecule has 1 saturated heterocycles. The molecule has 2 fully saturated rings. The van der Waals surface area contributed by atoms with Gasteiger partial charge in [-0.05, 0) is 43.7 Å². The van der Waals surface area contributed by atoms with E-state index in [1.807, 2.05) is 4.90 Å². The van der Waals surface area contributed by atoms with Crippen molar-refractivity contribution >= 4 is 11.7 Å². The molecule has 0 radical (unpaired) electrons. The van der Waals surface area contributed by atoms with E-state index < -0.39 is 5.60 Å². The van der Waals surface area contributed by atoms with Gasteiger partial charge in [-0.1, -0.05) is 0 Å². The van der Waals surface area contributed by atoms with Gasteiger partial charge < -0.3 is 14.9 Å². The molecule has 0 aromatic carbocycles. The highest BCUT2D eigenvalue weighted by molar-refractivity contribution is 5.76. The summed E-state index contributed by atoms with van der Waals surface area (Å²) in [4.78, 5) is 19.8. The highest BCUT2D eigenvalue weighted by Crippen LogP contribution is 2.33. The van der Waals surface area contributed by atoms with Crippen LogP contribution in [-0.2, 0) is 4.79 Å². The first-order chi connectivity index (χ1) is 11.0. The third-order valence-corrected chi connectivity index (χ3v) is 4.71. The second-order valence-corrected chi connectivity index (χ2v) is 6.98. The fourth-order valence-electron chi connectivity index (χ4n) is 3.25. The highest BCUT2D eigenvalue weighted by atomic mass is 19.1. The number of amides is 1. The van der Waals surface area contributed by atoms with Crippen molar-refractivity contribution in [3.8, 4) is 0 Å². The van der Waals surface area contributed by atoms with Gasteiger partial charge in [0.2, 0.25) is 5.91 Å². The summed E-state index contributed by atoms with van der Waals surface area (Å²) >= 11 is 0. The zero-order chi connectivity index (χ0) is 16.4. The molecule has 0 spiro atoms. The van der Waals surface area contributed by atoms with Crippen LogP contribution in [0.15, 0.2) is 18.3 Å². The molecule has 6 heteroatoms. The molecule has 2 heterocycles. The SMILES string of the molecule is CN(C[C@]1(O)CCCN(c2ccc(F)cn2)C1)C(=O)CC1CC1. The minimum absolute atomic E-state index is 0.109. The Bertz CT molecular complexity index is 561. The number of halogens is 1. The molecule has 5 nitrogen and oxygen atoms in total. The molecular formula is C17H24FN3O2. The molecule has 0 bridgehead atoms. The molecule has 1 amide bonds. The Balaban J connectivity index is 1.61. The van der Waals surface area contributed by atoms with Crippen LogP contribution in [0.2, 0.25) is 0 Å². The van der Waals surface area contributed by atoms with Crippen LogP contribution in [-0.4, -0.2) is 53.2 Å². The average Bonchev–Trinajstić information content (AvgIpc) is 3.31. The van der Waals surface area contributed by atoms with Gasteiger partial charge in [0.05, 0.1) is 18.3 Å². The maximum atomic E-state index is 13.0. The Morgan fingerprint density at radius 2 is 2.30 bits per heavy atom. The van der Waals surface area contributed by atoms with Crippen LogP contribution < -0.4 is 4.90 Å². The van der Waals surface area contributed by atoms with Gasteiger partial charge in [-0.2, -0.15) is 0 Å². The van der Waals surface area contributed by atoms with Crippen molar-refractivity contribution in [3.63, 3.8) is 0 Å². The number of pyridine rings is 1. The number of carbonyl (C=O) groups is 1. The number of hydrogen-bond donors (Lipinski definition) is 1. The number of piperidine rings is 1. The van der Waals surface area contributed by atoms with Gasteiger partial charge in [-0.3, -0.25) is 4.79 Å². The Hall–Kier alpha value is -1.69. The zero-order valence-electron chi connectivity index (χ0n) is 13.5. The number of aromatic nitrogens is 1. The first-order valence-electron chi connectivity index (χ1n) is 8.28. The Labute approximate surface area is 136 Å². The number of anilines is 1. The van der Waals surface area contributed by atoms with Gasteiger partial charge in [-0.25, -0.2) is 9.37 Å². The first-order valence-corrected chi connectivity index (χ1v) is 8.28. The number of likely N-dealkylation sites (N-methyl/N-ethyl adjacent to an activating group) is 1. The quantitative estimate of drug-likeness (QED) is 0.899. The van der Waals surface area contributed by atoms with Crippen LogP contribution in [0.3, 0.4) is 0 Å². The summed E-state index contributed by atoms with van der Waals surface area (Å²) in [6, 6.07) is 3.00. The van der Waals surface area contributed by atoms with Crippen LogP contribution >= 0.6 is 0 Å². The topological polar surface area (TPSA) is 56.7 Å². The standard InChI is InChI=1S/C17H24FN3O2/c1-20(16(22)9-13-3-4-13)11-17(23)7-2-8-21(12-17)15-6-5-14(18)10-19-15/h5-6,10,13,23H,2-4,7-9,11-12H2,1H3/t17-/m1/s1. The van der Waals surface area contributed by atoms with E-state index in [4.69, 9.17) is 0 Å². The normalized spacial score (nSPS) is 24.6. The Morgan fingerprint density at radius 1 is 1.52 bits per heavy atom.